The molecule has 0 spiro atoms. The van der Waals surface area contributed by atoms with Gasteiger partial charge in [-0.2, -0.15) is 0 Å². The molecule has 1 aliphatic rings. The number of ketones is 1. The van der Waals surface area contributed by atoms with Crippen LogP contribution in [-0.2, 0) is 16.0 Å². The van der Waals surface area contributed by atoms with Gasteiger partial charge in [-0.25, -0.2) is 4.79 Å². The second-order valence-electron chi connectivity index (χ2n) is 8.17. The average molecular weight is 428 g/mol. The molecule has 0 saturated heterocycles. The third-order valence-electron chi connectivity index (χ3n) is 5.94. The highest BCUT2D eigenvalue weighted by molar-refractivity contribution is 6.25. The smallest absolute Gasteiger partial charge is 0.328 e. The summed E-state index contributed by atoms with van der Waals surface area (Å²) in [5.41, 5.74) is 2.43. The number of aliphatic imine (C=N–C) groups is 1. The quantitative estimate of drug-likeness (QED) is 0.430. The fourth-order valence-corrected chi connectivity index (χ4v) is 4.30. The largest absolute Gasteiger partial charge is 0.511 e. The van der Waals surface area contributed by atoms with Crippen LogP contribution < -0.4 is 0 Å². The zero-order chi connectivity index (χ0) is 22.7. The first-order valence-corrected chi connectivity index (χ1v) is 10.7. The van der Waals surface area contributed by atoms with Gasteiger partial charge in [0, 0.05) is 12.8 Å². The molecule has 0 aromatic heterocycles. The lowest BCUT2D eigenvalue weighted by Gasteiger charge is -2.26. The second-order valence-corrected chi connectivity index (χ2v) is 8.17. The van der Waals surface area contributed by atoms with E-state index in [0.717, 1.165) is 21.9 Å². The minimum atomic E-state index is -1.07. The third-order valence-corrected chi connectivity index (χ3v) is 5.94. The Morgan fingerprint density at radius 3 is 2.41 bits per heavy atom. The summed E-state index contributed by atoms with van der Waals surface area (Å²) in [6.07, 6.45) is 0.834. The van der Waals surface area contributed by atoms with Crippen LogP contribution in [0.1, 0.15) is 36.8 Å². The first kappa shape index (κ1) is 21.5. The van der Waals surface area contributed by atoms with Crippen molar-refractivity contribution >= 4 is 28.2 Å². The van der Waals surface area contributed by atoms with E-state index < -0.39 is 12.0 Å². The van der Waals surface area contributed by atoms with Gasteiger partial charge in [-0.15, -0.1) is 0 Å². The number of rotatable bonds is 5. The summed E-state index contributed by atoms with van der Waals surface area (Å²) < 4.78 is 0. The molecule has 0 heterocycles. The maximum absolute atomic E-state index is 13.2. The normalized spacial score (nSPS) is 20.3. The van der Waals surface area contributed by atoms with E-state index in [0.29, 0.717) is 12.1 Å². The highest BCUT2D eigenvalue weighted by Gasteiger charge is 2.33. The lowest BCUT2D eigenvalue weighted by Crippen LogP contribution is -2.29. The third kappa shape index (κ3) is 4.47. The minimum absolute atomic E-state index is 0.0609. The molecule has 5 heteroatoms. The van der Waals surface area contributed by atoms with Crippen LogP contribution in [0.5, 0.6) is 0 Å². The van der Waals surface area contributed by atoms with Gasteiger partial charge in [0.2, 0.25) is 0 Å². The van der Waals surface area contributed by atoms with E-state index in [1.54, 1.807) is 0 Å². The molecule has 32 heavy (non-hydrogen) atoms. The van der Waals surface area contributed by atoms with Crippen LogP contribution in [0.25, 0.3) is 10.8 Å². The molecule has 0 bridgehead atoms. The van der Waals surface area contributed by atoms with E-state index in [9.17, 15) is 19.8 Å². The predicted molar refractivity (Wildman–Crippen MR) is 125 cm³/mol. The van der Waals surface area contributed by atoms with Crippen molar-refractivity contribution in [2.75, 3.05) is 0 Å². The number of hydrogen-bond acceptors (Lipinski definition) is 4. The van der Waals surface area contributed by atoms with Crippen LogP contribution >= 0.6 is 0 Å². The Labute approximate surface area is 186 Å². The Hall–Kier alpha value is -3.73. The molecule has 4 rings (SSSR count). The maximum atomic E-state index is 13.2. The van der Waals surface area contributed by atoms with Gasteiger partial charge in [0.05, 0.1) is 11.3 Å². The van der Waals surface area contributed by atoms with Crippen molar-refractivity contribution < 1.29 is 19.8 Å². The Morgan fingerprint density at radius 1 is 0.969 bits per heavy atom. The molecule has 1 aliphatic carbocycles. The number of aliphatic carboxylic acids is 1. The number of carbonyl (C=O) groups is 2. The lowest BCUT2D eigenvalue weighted by molar-refractivity contribution is -0.138. The van der Waals surface area contributed by atoms with E-state index in [-0.39, 0.29) is 35.9 Å². The van der Waals surface area contributed by atoms with Gasteiger partial charge >= 0.3 is 5.97 Å². The van der Waals surface area contributed by atoms with Gasteiger partial charge < -0.3 is 10.2 Å². The van der Waals surface area contributed by atoms with Gasteiger partial charge in [-0.05, 0) is 41.2 Å². The minimum Gasteiger partial charge on any atom is -0.511 e. The number of allylic oxidation sites excluding steroid dienone is 2. The van der Waals surface area contributed by atoms with Crippen LogP contribution in [-0.4, -0.2) is 33.7 Å². The summed E-state index contributed by atoms with van der Waals surface area (Å²) in [6, 6.07) is 22.4. The molecule has 3 aromatic rings. The van der Waals surface area contributed by atoms with Crippen molar-refractivity contribution in [1.82, 2.24) is 0 Å². The number of hydrogen-bond donors (Lipinski definition) is 2. The maximum Gasteiger partial charge on any atom is 0.328 e. The zero-order valence-corrected chi connectivity index (χ0v) is 17.9. The number of aliphatic hydroxyl groups is 1. The van der Waals surface area contributed by atoms with Gasteiger partial charge in [-0.3, -0.25) is 9.79 Å². The zero-order valence-electron chi connectivity index (χ0n) is 17.9. The highest BCUT2D eigenvalue weighted by Crippen LogP contribution is 2.34. The summed E-state index contributed by atoms with van der Waals surface area (Å²) in [7, 11) is 0. The number of aliphatic hydroxyl groups excluding tert-OH is 1. The van der Waals surface area contributed by atoms with E-state index in [1.165, 1.54) is 6.92 Å². The highest BCUT2D eigenvalue weighted by atomic mass is 16.4. The monoisotopic (exact) mass is 427 g/mol. The fraction of sp³-hybridized carbons (Fsp3) is 0.222. The van der Waals surface area contributed by atoms with E-state index >= 15 is 0 Å². The van der Waals surface area contributed by atoms with Crippen molar-refractivity contribution in [3.8, 4) is 0 Å². The van der Waals surface area contributed by atoms with Crippen molar-refractivity contribution in [1.29, 1.82) is 0 Å². The molecule has 0 radical (unpaired) electrons. The summed E-state index contributed by atoms with van der Waals surface area (Å²) in [5, 5.41) is 22.5. The van der Waals surface area contributed by atoms with Crippen molar-refractivity contribution in [3.63, 3.8) is 0 Å². The summed E-state index contributed by atoms with van der Waals surface area (Å²) in [5.74, 6) is -1.44. The summed E-state index contributed by atoms with van der Waals surface area (Å²) in [6.45, 7) is 1.48. The molecule has 162 valence electrons. The average Bonchev–Trinajstić information content (AvgIpc) is 2.79. The van der Waals surface area contributed by atoms with Gasteiger partial charge in [0.25, 0.3) is 0 Å². The first-order chi connectivity index (χ1) is 15.4. The Morgan fingerprint density at radius 2 is 1.66 bits per heavy atom. The molecular formula is C27H25NO4. The second kappa shape index (κ2) is 9.18. The number of nitrogens with zero attached hydrogens (tertiary/aromatic N) is 1. The molecule has 1 saturated carbocycles. The van der Waals surface area contributed by atoms with Crippen LogP contribution in [0, 0.1) is 0 Å². The number of carboxylic acids is 1. The molecule has 5 nitrogen and oxygen atoms in total. The summed E-state index contributed by atoms with van der Waals surface area (Å²) in [4.78, 5) is 29.0. The number of carboxylic acid groups (broad SMARTS) is 1. The molecule has 3 aromatic carbocycles. The molecule has 0 aliphatic heterocycles. The van der Waals surface area contributed by atoms with E-state index in [2.05, 4.69) is 4.99 Å². The predicted octanol–water partition coefficient (Wildman–Crippen LogP) is 5.26. The number of carbonyl (C=O) groups excluding carboxylic acids is 1. The molecule has 1 fully saturated rings. The molecule has 2 unspecified atom stereocenters. The Kier molecular flexibility index (Phi) is 6.17. The SMILES string of the molecule is CC(N=C1CC(c2ccccc2)CC(=O)/C1=C(\O)Cc1cccc2ccccc12)C(=O)O. The Balaban J connectivity index is 1.75. The fourth-order valence-electron chi connectivity index (χ4n) is 4.30. The molecule has 2 atom stereocenters. The summed E-state index contributed by atoms with van der Waals surface area (Å²) >= 11 is 0. The number of benzene rings is 3. The topological polar surface area (TPSA) is 87.0 Å². The lowest BCUT2D eigenvalue weighted by atomic mass is 9.78. The van der Waals surface area contributed by atoms with Crippen LogP contribution in [0.3, 0.4) is 0 Å². The Bertz CT molecular complexity index is 1220. The number of Topliss-reactive ketones (excluding diaryl/α,β-unsaturated/α-hetero) is 1. The van der Waals surface area contributed by atoms with E-state index in [1.807, 2.05) is 72.8 Å². The van der Waals surface area contributed by atoms with E-state index in [4.69, 9.17) is 0 Å². The van der Waals surface area contributed by atoms with Crippen molar-refractivity contribution in [2.45, 2.75) is 38.1 Å². The van der Waals surface area contributed by atoms with Crippen LogP contribution in [0.4, 0.5) is 0 Å². The first-order valence-electron chi connectivity index (χ1n) is 10.7. The molecular weight excluding hydrogens is 402 g/mol. The van der Waals surface area contributed by atoms with Gasteiger partial charge in [0.15, 0.2) is 5.78 Å². The van der Waals surface area contributed by atoms with Gasteiger partial charge in [0.1, 0.15) is 11.8 Å². The molecule has 0 amide bonds. The standard InChI is InChI=1S/C27H25NO4/c1-17(27(31)32)28-23-14-21(18-8-3-2-4-9-18)16-25(30)26(23)24(29)15-20-12-7-11-19-10-5-6-13-22(19)20/h2-13,17,21,29H,14-16H2,1H3,(H,31,32)/b26-24-,28-23?. The van der Waals surface area contributed by atoms with Crippen molar-refractivity contribution in [3.05, 3.63) is 95.3 Å². The van der Waals surface area contributed by atoms with Gasteiger partial charge in [-0.1, -0.05) is 72.8 Å². The van der Waals surface area contributed by atoms with Crippen LogP contribution in [0.15, 0.2) is 89.1 Å². The molecule has 2 N–H and O–H groups in total. The number of fused-ring (bicyclic) bond motifs is 1. The van der Waals surface area contributed by atoms with Crippen LogP contribution in [0.2, 0.25) is 0 Å². The van der Waals surface area contributed by atoms with Crippen molar-refractivity contribution in [2.24, 2.45) is 4.99 Å².